The van der Waals surface area contributed by atoms with Crippen LogP contribution in [0.2, 0.25) is 0 Å². The van der Waals surface area contributed by atoms with E-state index in [4.69, 9.17) is 0 Å². The number of aromatic nitrogens is 2. The molecule has 3 aromatic rings. The third-order valence-electron chi connectivity index (χ3n) is 5.62. The number of rotatable bonds is 3. The summed E-state index contributed by atoms with van der Waals surface area (Å²) in [5, 5.41) is 12.1. The minimum atomic E-state index is -1.26. The molecule has 0 amide bonds. The van der Waals surface area contributed by atoms with Crippen LogP contribution in [0.4, 0.5) is 0 Å². The normalized spacial score (nSPS) is 17.1. The summed E-state index contributed by atoms with van der Waals surface area (Å²) < 4.78 is 3.59. The topological polar surface area (TPSA) is 47.2 Å². The Kier molecular flexibility index (Phi) is 4.11. The Hall–Kier alpha value is -2.59. The highest BCUT2D eigenvalue weighted by atomic mass is 16.3. The molecule has 2 aromatic carbocycles. The standard InChI is InChI=1S/C23H26N2O2/c1-22(2,3)24-16-19-14-15-20(25(19)21(24)26)23(27,17-10-6-4-7-11-17)18-12-8-5-9-13-18/h4-13,16,20,27H,14-15H2,1-3H3/t20-/m1/s1. The SMILES string of the molecule is CC(C)(C)n1cc2n(c1=O)[C@@H](C(O)(c1ccccc1)c1ccccc1)CC2. The first kappa shape index (κ1) is 17.8. The highest BCUT2D eigenvalue weighted by Gasteiger charge is 2.45. The van der Waals surface area contributed by atoms with E-state index in [0.717, 1.165) is 29.7 Å². The smallest absolute Gasteiger partial charge is 0.329 e. The van der Waals surface area contributed by atoms with E-state index in [9.17, 15) is 9.90 Å². The molecule has 4 rings (SSSR count). The van der Waals surface area contributed by atoms with Crippen LogP contribution in [-0.4, -0.2) is 14.2 Å². The van der Waals surface area contributed by atoms with Crippen LogP contribution in [0.3, 0.4) is 0 Å². The molecule has 27 heavy (non-hydrogen) atoms. The van der Waals surface area contributed by atoms with Crippen LogP contribution in [0.15, 0.2) is 71.7 Å². The van der Waals surface area contributed by atoms with E-state index in [1.807, 2.05) is 92.2 Å². The highest BCUT2D eigenvalue weighted by molar-refractivity contribution is 5.38. The maximum absolute atomic E-state index is 13.2. The molecule has 0 aliphatic carbocycles. The van der Waals surface area contributed by atoms with Crippen LogP contribution in [0.25, 0.3) is 0 Å². The summed E-state index contributed by atoms with van der Waals surface area (Å²) in [6, 6.07) is 19.0. The van der Waals surface area contributed by atoms with Crippen molar-refractivity contribution in [3.8, 4) is 0 Å². The molecule has 0 spiro atoms. The Morgan fingerprint density at radius 3 is 1.93 bits per heavy atom. The highest BCUT2D eigenvalue weighted by Crippen LogP contribution is 2.44. The van der Waals surface area contributed by atoms with Gasteiger partial charge in [-0.1, -0.05) is 60.7 Å². The van der Waals surface area contributed by atoms with Crippen LogP contribution in [0.1, 0.15) is 50.1 Å². The number of nitrogens with zero attached hydrogens (tertiary/aromatic N) is 2. The Morgan fingerprint density at radius 1 is 0.926 bits per heavy atom. The fraction of sp³-hybridized carbons (Fsp3) is 0.348. The first-order valence-electron chi connectivity index (χ1n) is 9.50. The molecule has 2 heterocycles. The molecule has 1 aromatic heterocycles. The average molecular weight is 362 g/mol. The van der Waals surface area contributed by atoms with E-state index in [2.05, 4.69) is 0 Å². The third-order valence-corrected chi connectivity index (χ3v) is 5.62. The second-order valence-corrected chi connectivity index (χ2v) is 8.37. The zero-order chi connectivity index (χ0) is 19.2. The zero-order valence-electron chi connectivity index (χ0n) is 16.1. The van der Waals surface area contributed by atoms with Crippen molar-refractivity contribution in [2.75, 3.05) is 0 Å². The van der Waals surface area contributed by atoms with Gasteiger partial charge in [-0.2, -0.15) is 0 Å². The first-order valence-corrected chi connectivity index (χ1v) is 9.50. The van der Waals surface area contributed by atoms with Gasteiger partial charge in [0.1, 0.15) is 5.60 Å². The van der Waals surface area contributed by atoms with E-state index in [0.29, 0.717) is 0 Å². The summed E-state index contributed by atoms with van der Waals surface area (Å²) in [4.78, 5) is 13.2. The fourth-order valence-corrected chi connectivity index (χ4v) is 4.25. The Labute approximate surface area is 159 Å². The molecule has 1 aliphatic rings. The van der Waals surface area contributed by atoms with Gasteiger partial charge in [0.25, 0.3) is 0 Å². The minimum Gasteiger partial charge on any atom is -0.378 e. The lowest BCUT2D eigenvalue weighted by Gasteiger charge is -2.36. The second kappa shape index (κ2) is 6.24. The molecule has 0 radical (unpaired) electrons. The van der Waals surface area contributed by atoms with Crippen LogP contribution in [0, 0.1) is 0 Å². The minimum absolute atomic E-state index is 0.0507. The van der Waals surface area contributed by atoms with Gasteiger partial charge in [0.15, 0.2) is 0 Å². The maximum Gasteiger partial charge on any atom is 0.329 e. The summed E-state index contributed by atoms with van der Waals surface area (Å²) in [5.41, 5.74) is 1.00. The van der Waals surface area contributed by atoms with Gasteiger partial charge >= 0.3 is 5.69 Å². The van der Waals surface area contributed by atoms with E-state index < -0.39 is 5.60 Å². The van der Waals surface area contributed by atoms with E-state index in [-0.39, 0.29) is 17.3 Å². The van der Waals surface area contributed by atoms with Crippen molar-refractivity contribution in [1.82, 2.24) is 9.13 Å². The van der Waals surface area contributed by atoms with Gasteiger partial charge < -0.3 is 5.11 Å². The molecule has 140 valence electrons. The Balaban J connectivity index is 1.93. The number of hydrogen-bond acceptors (Lipinski definition) is 2. The summed E-state index contributed by atoms with van der Waals surface area (Å²) >= 11 is 0. The second-order valence-electron chi connectivity index (χ2n) is 8.37. The summed E-state index contributed by atoms with van der Waals surface area (Å²) in [5.74, 6) is 0. The van der Waals surface area contributed by atoms with Crippen molar-refractivity contribution in [2.45, 2.75) is 50.8 Å². The maximum atomic E-state index is 13.2. The van der Waals surface area contributed by atoms with Gasteiger partial charge in [-0.3, -0.25) is 9.13 Å². The molecule has 4 heteroatoms. The molecule has 1 aliphatic heterocycles. The van der Waals surface area contributed by atoms with Crippen molar-refractivity contribution in [2.24, 2.45) is 0 Å². The molecule has 1 atom stereocenters. The van der Waals surface area contributed by atoms with Crippen molar-refractivity contribution < 1.29 is 5.11 Å². The lowest BCUT2D eigenvalue weighted by molar-refractivity contribution is 0.0233. The lowest BCUT2D eigenvalue weighted by atomic mass is 9.79. The van der Waals surface area contributed by atoms with E-state index in [1.165, 1.54) is 0 Å². The summed E-state index contributed by atoms with van der Waals surface area (Å²) in [6.45, 7) is 6.08. The molecule has 0 saturated carbocycles. The summed E-state index contributed by atoms with van der Waals surface area (Å²) in [7, 11) is 0. The van der Waals surface area contributed by atoms with E-state index in [1.54, 1.807) is 4.57 Å². The molecule has 0 bridgehead atoms. The van der Waals surface area contributed by atoms with Gasteiger partial charge in [-0.25, -0.2) is 4.79 Å². The number of imidazole rings is 1. The van der Waals surface area contributed by atoms with E-state index >= 15 is 0 Å². The van der Waals surface area contributed by atoms with Crippen molar-refractivity contribution >= 4 is 0 Å². The van der Waals surface area contributed by atoms with Crippen molar-refractivity contribution in [1.29, 1.82) is 0 Å². The van der Waals surface area contributed by atoms with Gasteiger partial charge in [0, 0.05) is 17.4 Å². The predicted molar refractivity (Wildman–Crippen MR) is 107 cm³/mol. The average Bonchev–Trinajstić information content (AvgIpc) is 3.23. The number of benzene rings is 2. The third kappa shape index (κ3) is 2.76. The monoisotopic (exact) mass is 362 g/mol. The number of aryl methyl sites for hydroxylation is 1. The van der Waals surface area contributed by atoms with Crippen LogP contribution in [0.5, 0.6) is 0 Å². The van der Waals surface area contributed by atoms with Gasteiger partial charge in [0.05, 0.1) is 6.04 Å². The van der Waals surface area contributed by atoms with Crippen molar-refractivity contribution in [3.63, 3.8) is 0 Å². The number of aliphatic hydroxyl groups is 1. The largest absolute Gasteiger partial charge is 0.378 e. The number of hydrogen-bond donors (Lipinski definition) is 1. The first-order chi connectivity index (χ1) is 12.8. The molecule has 4 nitrogen and oxygen atoms in total. The fourth-order valence-electron chi connectivity index (χ4n) is 4.25. The quantitative estimate of drug-likeness (QED) is 0.770. The van der Waals surface area contributed by atoms with Gasteiger partial charge in [-0.15, -0.1) is 0 Å². The molecule has 1 N–H and O–H groups in total. The molecule has 0 fully saturated rings. The summed E-state index contributed by atoms with van der Waals surface area (Å²) in [6.07, 6.45) is 3.47. The van der Waals surface area contributed by atoms with Gasteiger partial charge in [-0.05, 0) is 44.7 Å². The van der Waals surface area contributed by atoms with Crippen LogP contribution in [-0.2, 0) is 17.6 Å². The zero-order valence-corrected chi connectivity index (χ0v) is 16.1. The molecule has 0 unspecified atom stereocenters. The van der Waals surface area contributed by atoms with Crippen LogP contribution >= 0.6 is 0 Å². The predicted octanol–water partition coefficient (Wildman–Crippen LogP) is 3.83. The lowest BCUT2D eigenvalue weighted by Crippen LogP contribution is -2.42. The Morgan fingerprint density at radius 2 is 1.44 bits per heavy atom. The van der Waals surface area contributed by atoms with Crippen molar-refractivity contribution in [3.05, 3.63) is 94.2 Å². The van der Waals surface area contributed by atoms with Crippen LogP contribution < -0.4 is 5.69 Å². The van der Waals surface area contributed by atoms with Gasteiger partial charge in [0.2, 0.25) is 0 Å². The molecule has 0 saturated heterocycles. The molecular weight excluding hydrogens is 336 g/mol. The molecular formula is C23H26N2O2. The Bertz CT molecular complexity index is 955. The number of fused-ring (bicyclic) bond motifs is 1.